The molecule has 1 aromatic heterocycles. The van der Waals surface area contributed by atoms with Gasteiger partial charge in [-0.25, -0.2) is 0 Å². The smallest absolute Gasteiger partial charge is 0.310 e. The molecule has 1 aromatic rings. The summed E-state index contributed by atoms with van der Waals surface area (Å²) >= 11 is 0. The van der Waals surface area contributed by atoms with Gasteiger partial charge < -0.3 is 14.4 Å². The molecule has 0 unspecified atom stereocenters. The third kappa shape index (κ3) is 2.85. The summed E-state index contributed by atoms with van der Waals surface area (Å²) in [5, 5.41) is 13.4. The van der Waals surface area contributed by atoms with Gasteiger partial charge in [-0.2, -0.15) is 4.98 Å². The van der Waals surface area contributed by atoms with Gasteiger partial charge in [-0.15, -0.1) is 0 Å². The Balaban J connectivity index is 2.15. The molecule has 1 aliphatic carbocycles. The molecule has 0 bridgehead atoms. The number of aliphatic carboxylic acids is 1. The fraction of sp³-hybridized carbons (Fsp3) is 0.786. The number of nitrogens with zero attached hydrogens (tertiary/aromatic N) is 2. The first-order chi connectivity index (χ1) is 9.39. The lowest BCUT2D eigenvalue weighted by molar-refractivity contribution is -0.148. The van der Waals surface area contributed by atoms with Crippen molar-refractivity contribution in [2.24, 2.45) is 5.41 Å². The Kier molecular flexibility index (Phi) is 4.13. The minimum Gasteiger partial charge on any atom is -0.481 e. The van der Waals surface area contributed by atoms with Crippen LogP contribution in [0.1, 0.15) is 58.2 Å². The average molecular weight is 282 g/mol. The third-order valence-corrected chi connectivity index (χ3v) is 4.02. The highest BCUT2D eigenvalue weighted by atomic mass is 16.5. The number of carboxylic acids is 1. The first kappa shape index (κ1) is 15.0. The van der Waals surface area contributed by atoms with Crippen molar-refractivity contribution >= 4 is 5.97 Å². The molecule has 0 spiro atoms. The van der Waals surface area contributed by atoms with Crippen molar-refractivity contribution in [3.05, 3.63) is 11.7 Å². The molecule has 2 rings (SSSR count). The number of hydrogen-bond donors (Lipinski definition) is 1. The Morgan fingerprint density at radius 3 is 2.65 bits per heavy atom. The average Bonchev–Trinajstić information content (AvgIpc) is 2.99. The molecule has 1 heterocycles. The number of carbonyl (C=O) groups is 1. The normalized spacial score (nSPS) is 18.4. The monoisotopic (exact) mass is 282 g/mol. The molecule has 0 atom stereocenters. The van der Waals surface area contributed by atoms with Crippen LogP contribution in [0.4, 0.5) is 0 Å². The van der Waals surface area contributed by atoms with Crippen LogP contribution in [0.5, 0.6) is 0 Å². The molecular weight excluding hydrogens is 260 g/mol. The number of rotatable bonds is 6. The fourth-order valence-electron chi connectivity index (χ4n) is 2.80. The minimum atomic E-state index is -0.765. The van der Waals surface area contributed by atoms with Gasteiger partial charge in [0, 0.05) is 13.0 Å². The van der Waals surface area contributed by atoms with Crippen LogP contribution in [-0.2, 0) is 21.6 Å². The van der Waals surface area contributed by atoms with E-state index in [0.29, 0.717) is 37.6 Å². The van der Waals surface area contributed by atoms with E-state index in [2.05, 4.69) is 10.1 Å². The third-order valence-electron chi connectivity index (χ3n) is 4.02. The molecule has 0 aromatic carbocycles. The Morgan fingerprint density at radius 1 is 1.45 bits per heavy atom. The molecule has 1 saturated carbocycles. The summed E-state index contributed by atoms with van der Waals surface area (Å²) in [6.45, 7) is 6.19. The van der Waals surface area contributed by atoms with Crippen molar-refractivity contribution in [3.63, 3.8) is 0 Å². The highest BCUT2D eigenvalue weighted by Gasteiger charge is 2.43. The number of carboxylic acid groups (broad SMARTS) is 1. The molecule has 0 saturated heterocycles. The Hall–Kier alpha value is -1.43. The minimum absolute atomic E-state index is 0.303. The van der Waals surface area contributed by atoms with Gasteiger partial charge in [0.05, 0.1) is 5.41 Å². The summed E-state index contributed by atoms with van der Waals surface area (Å²) in [7, 11) is 0. The quantitative estimate of drug-likeness (QED) is 0.863. The van der Waals surface area contributed by atoms with Crippen molar-refractivity contribution in [1.82, 2.24) is 10.1 Å². The van der Waals surface area contributed by atoms with E-state index in [1.165, 1.54) is 0 Å². The second-order valence-electron chi connectivity index (χ2n) is 5.92. The molecule has 1 aliphatic rings. The van der Waals surface area contributed by atoms with Crippen LogP contribution in [-0.4, -0.2) is 27.8 Å². The van der Waals surface area contributed by atoms with Gasteiger partial charge in [-0.05, 0) is 33.6 Å². The van der Waals surface area contributed by atoms with Gasteiger partial charge in [0.15, 0.2) is 0 Å². The molecule has 0 aliphatic heterocycles. The first-order valence-corrected chi connectivity index (χ1v) is 7.10. The van der Waals surface area contributed by atoms with Crippen LogP contribution < -0.4 is 0 Å². The molecule has 112 valence electrons. The zero-order valence-corrected chi connectivity index (χ0v) is 12.3. The summed E-state index contributed by atoms with van der Waals surface area (Å²) in [6, 6.07) is 0. The lowest BCUT2D eigenvalue weighted by Gasteiger charge is -2.21. The summed E-state index contributed by atoms with van der Waals surface area (Å²) in [5.41, 5.74) is -1.36. The summed E-state index contributed by atoms with van der Waals surface area (Å²) in [6.07, 6.45) is 3.54. The lowest BCUT2D eigenvalue weighted by atomic mass is 9.83. The topological polar surface area (TPSA) is 85.5 Å². The second kappa shape index (κ2) is 5.52. The standard InChI is InChI=1S/C14H22N2O4/c1-4-19-13(2,3)11-15-10(20-16-11)9-14(12(17)18)7-5-6-8-14/h4-9H2,1-3H3,(H,17,18). The van der Waals surface area contributed by atoms with Crippen molar-refractivity contribution in [2.75, 3.05) is 6.61 Å². The van der Waals surface area contributed by atoms with E-state index in [1.807, 2.05) is 20.8 Å². The van der Waals surface area contributed by atoms with Gasteiger partial charge in [0.25, 0.3) is 0 Å². The molecule has 1 N–H and O–H groups in total. The van der Waals surface area contributed by atoms with Gasteiger partial charge in [0.1, 0.15) is 5.60 Å². The van der Waals surface area contributed by atoms with Crippen LogP contribution in [0.3, 0.4) is 0 Å². The fourth-order valence-corrected chi connectivity index (χ4v) is 2.80. The maximum atomic E-state index is 11.5. The maximum absolute atomic E-state index is 11.5. The SMILES string of the molecule is CCOC(C)(C)c1noc(CC2(C(=O)O)CCCC2)n1. The van der Waals surface area contributed by atoms with E-state index in [4.69, 9.17) is 9.26 Å². The van der Waals surface area contributed by atoms with Crippen LogP contribution in [0, 0.1) is 5.41 Å². The van der Waals surface area contributed by atoms with E-state index in [1.54, 1.807) is 0 Å². The van der Waals surface area contributed by atoms with E-state index in [-0.39, 0.29) is 0 Å². The zero-order chi connectivity index (χ0) is 14.8. The predicted molar refractivity (Wildman–Crippen MR) is 71.2 cm³/mol. The molecule has 6 nitrogen and oxygen atoms in total. The molecule has 20 heavy (non-hydrogen) atoms. The van der Waals surface area contributed by atoms with Crippen LogP contribution in [0.25, 0.3) is 0 Å². The van der Waals surface area contributed by atoms with E-state index in [0.717, 1.165) is 12.8 Å². The van der Waals surface area contributed by atoms with E-state index in [9.17, 15) is 9.90 Å². The molecule has 6 heteroatoms. The lowest BCUT2D eigenvalue weighted by Crippen LogP contribution is -2.30. The highest BCUT2D eigenvalue weighted by molar-refractivity contribution is 5.75. The van der Waals surface area contributed by atoms with E-state index < -0.39 is 17.0 Å². The first-order valence-electron chi connectivity index (χ1n) is 7.10. The highest BCUT2D eigenvalue weighted by Crippen LogP contribution is 2.41. The van der Waals surface area contributed by atoms with Gasteiger partial charge in [0.2, 0.25) is 11.7 Å². The molecule has 0 amide bonds. The maximum Gasteiger partial charge on any atom is 0.310 e. The van der Waals surface area contributed by atoms with Crippen molar-refractivity contribution < 1.29 is 19.2 Å². The van der Waals surface area contributed by atoms with Crippen molar-refractivity contribution in [2.45, 2.75) is 58.5 Å². The van der Waals surface area contributed by atoms with Gasteiger partial charge >= 0.3 is 5.97 Å². The van der Waals surface area contributed by atoms with Crippen LogP contribution in [0.15, 0.2) is 4.52 Å². The second-order valence-corrected chi connectivity index (χ2v) is 5.92. The summed E-state index contributed by atoms with van der Waals surface area (Å²) in [4.78, 5) is 15.8. The molecular formula is C14H22N2O4. The predicted octanol–water partition coefficient (Wildman–Crippen LogP) is 2.53. The Morgan fingerprint density at radius 2 is 2.10 bits per heavy atom. The Bertz CT molecular complexity index is 475. The largest absolute Gasteiger partial charge is 0.481 e. The van der Waals surface area contributed by atoms with Crippen molar-refractivity contribution in [1.29, 1.82) is 0 Å². The van der Waals surface area contributed by atoms with Crippen LogP contribution >= 0.6 is 0 Å². The molecule has 1 fully saturated rings. The molecule has 0 radical (unpaired) electrons. The number of ether oxygens (including phenoxy) is 1. The van der Waals surface area contributed by atoms with Gasteiger partial charge in [-0.3, -0.25) is 4.79 Å². The van der Waals surface area contributed by atoms with Gasteiger partial charge in [-0.1, -0.05) is 18.0 Å². The zero-order valence-electron chi connectivity index (χ0n) is 12.3. The number of hydrogen-bond acceptors (Lipinski definition) is 5. The van der Waals surface area contributed by atoms with E-state index >= 15 is 0 Å². The Labute approximate surface area is 118 Å². The van der Waals surface area contributed by atoms with Crippen LogP contribution in [0.2, 0.25) is 0 Å². The summed E-state index contributed by atoms with van der Waals surface area (Å²) < 4.78 is 10.8. The number of aromatic nitrogens is 2. The van der Waals surface area contributed by atoms with Crippen molar-refractivity contribution in [3.8, 4) is 0 Å². The summed E-state index contributed by atoms with van der Waals surface area (Å²) in [5.74, 6) is 0.0868.